The summed E-state index contributed by atoms with van der Waals surface area (Å²) >= 11 is 7.70. The van der Waals surface area contributed by atoms with Crippen LogP contribution >= 0.6 is 23.4 Å². The van der Waals surface area contributed by atoms with Crippen LogP contribution in [0.25, 0.3) is 0 Å². The number of halogens is 1. The minimum atomic E-state index is 0.771. The highest BCUT2D eigenvalue weighted by atomic mass is 35.5. The molecule has 1 aromatic carbocycles. The molecule has 0 aliphatic heterocycles. The lowest BCUT2D eigenvalue weighted by Gasteiger charge is -2.04. The first-order valence-corrected chi connectivity index (χ1v) is 5.80. The molecule has 2 N–H and O–H groups in total. The van der Waals surface area contributed by atoms with Crippen LogP contribution in [0.15, 0.2) is 23.1 Å². The minimum Gasteiger partial charge on any atom is -0.398 e. The van der Waals surface area contributed by atoms with Crippen LogP contribution in [0.1, 0.15) is 12.8 Å². The summed E-state index contributed by atoms with van der Waals surface area (Å²) in [6.45, 7) is 0. The maximum absolute atomic E-state index is 5.88. The highest BCUT2D eigenvalue weighted by molar-refractivity contribution is 7.99. The first kappa shape index (κ1) is 9.22. The van der Waals surface area contributed by atoms with Crippen molar-refractivity contribution in [2.24, 2.45) is 5.92 Å². The van der Waals surface area contributed by atoms with Gasteiger partial charge in [0.1, 0.15) is 0 Å². The quantitative estimate of drug-likeness (QED) is 0.615. The van der Waals surface area contributed by atoms with E-state index in [9.17, 15) is 0 Å². The van der Waals surface area contributed by atoms with Gasteiger partial charge < -0.3 is 5.73 Å². The summed E-state index contributed by atoms with van der Waals surface area (Å²) in [6.07, 6.45) is 2.76. The summed E-state index contributed by atoms with van der Waals surface area (Å²) in [5, 5.41) is 0.771. The van der Waals surface area contributed by atoms with Crippen LogP contribution in [0.3, 0.4) is 0 Å². The van der Waals surface area contributed by atoms with Crippen LogP contribution in [-0.2, 0) is 0 Å². The Morgan fingerprint density at radius 1 is 1.46 bits per heavy atom. The molecule has 0 heterocycles. The zero-order valence-corrected chi connectivity index (χ0v) is 8.87. The average molecular weight is 214 g/mol. The molecule has 0 atom stereocenters. The van der Waals surface area contributed by atoms with E-state index in [0.717, 1.165) is 21.5 Å². The largest absolute Gasteiger partial charge is 0.398 e. The topological polar surface area (TPSA) is 26.0 Å². The standard InChI is InChI=1S/C10H12ClNS/c11-8-3-4-9(12)10(5-8)13-6-7-1-2-7/h3-5,7H,1-2,6,12H2. The van der Waals surface area contributed by atoms with E-state index in [1.165, 1.54) is 18.6 Å². The zero-order chi connectivity index (χ0) is 9.26. The van der Waals surface area contributed by atoms with Crippen molar-refractivity contribution in [1.82, 2.24) is 0 Å². The summed E-state index contributed by atoms with van der Waals surface area (Å²) in [4.78, 5) is 1.12. The van der Waals surface area contributed by atoms with Crippen molar-refractivity contribution in [3.05, 3.63) is 23.2 Å². The Morgan fingerprint density at radius 2 is 2.23 bits per heavy atom. The maximum Gasteiger partial charge on any atom is 0.0453 e. The molecule has 1 nitrogen and oxygen atoms in total. The molecular formula is C10H12ClNS. The fourth-order valence-electron chi connectivity index (χ4n) is 1.13. The Bertz CT molecular complexity index is 310. The molecule has 13 heavy (non-hydrogen) atoms. The van der Waals surface area contributed by atoms with Crippen molar-refractivity contribution < 1.29 is 0 Å². The molecule has 3 heteroatoms. The number of rotatable bonds is 3. The number of nitrogen functional groups attached to an aromatic ring is 1. The third-order valence-corrected chi connectivity index (χ3v) is 3.68. The molecule has 0 bridgehead atoms. The highest BCUT2D eigenvalue weighted by Gasteiger charge is 2.21. The van der Waals surface area contributed by atoms with Crippen LogP contribution in [-0.4, -0.2) is 5.75 Å². The Morgan fingerprint density at radius 3 is 2.92 bits per heavy atom. The normalized spacial score (nSPS) is 16.1. The third kappa shape index (κ3) is 2.55. The van der Waals surface area contributed by atoms with E-state index < -0.39 is 0 Å². The van der Waals surface area contributed by atoms with Crippen molar-refractivity contribution >= 4 is 29.1 Å². The molecule has 1 aliphatic carbocycles. The van der Waals surface area contributed by atoms with Gasteiger partial charge in [-0.3, -0.25) is 0 Å². The van der Waals surface area contributed by atoms with Crippen molar-refractivity contribution in [3.63, 3.8) is 0 Å². The average Bonchev–Trinajstić information content (AvgIpc) is 2.90. The number of hydrogen-bond donors (Lipinski definition) is 1. The van der Waals surface area contributed by atoms with E-state index in [4.69, 9.17) is 17.3 Å². The van der Waals surface area contributed by atoms with Crippen molar-refractivity contribution in [2.45, 2.75) is 17.7 Å². The Balaban J connectivity index is 2.03. The third-order valence-electron chi connectivity index (χ3n) is 2.15. The predicted octanol–water partition coefficient (Wildman–Crippen LogP) is 3.42. The number of anilines is 1. The first-order chi connectivity index (χ1) is 6.25. The molecule has 0 saturated heterocycles. The van der Waals surface area contributed by atoms with Gasteiger partial charge in [0, 0.05) is 21.4 Å². The van der Waals surface area contributed by atoms with Crippen LogP contribution in [0.2, 0.25) is 5.02 Å². The molecular weight excluding hydrogens is 202 g/mol. The molecule has 1 aromatic rings. The molecule has 1 saturated carbocycles. The summed E-state index contributed by atoms with van der Waals surface area (Å²) in [5.41, 5.74) is 6.66. The van der Waals surface area contributed by atoms with Gasteiger partial charge in [0.25, 0.3) is 0 Å². The lowest BCUT2D eigenvalue weighted by Crippen LogP contribution is -1.89. The van der Waals surface area contributed by atoms with Gasteiger partial charge in [-0.25, -0.2) is 0 Å². The van der Waals surface area contributed by atoms with Crippen LogP contribution in [0.4, 0.5) is 5.69 Å². The van der Waals surface area contributed by atoms with Gasteiger partial charge in [0.05, 0.1) is 0 Å². The molecule has 0 aromatic heterocycles. The van der Waals surface area contributed by atoms with Gasteiger partial charge >= 0.3 is 0 Å². The Hall–Kier alpha value is -0.340. The fraction of sp³-hybridized carbons (Fsp3) is 0.400. The highest BCUT2D eigenvalue weighted by Crippen LogP contribution is 2.37. The van der Waals surface area contributed by atoms with Gasteiger partial charge in [-0.1, -0.05) is 11.6 Å². The van der Waals surface area contributed by atoms with Gasteiger partial charge in [0.2, 0.25) is 0 Å². The van der Waals surface area contributed by atoms with E-state index in [1.54, 1.807) is 0 Å². The lowest BCUT2D eigenvalue weighted by molar-refractivity contribution is 1.00. The number of hydrogen-bond acceptors (Lipinski definition) is 2. The van der Waals surface area contributed by atoms with Gasteiger partial charge in [-0.2, -0.15) is 0 Å². The molecule has 0 radical (unpaired) electrons. The molecule has 1 fully saturated rings. The smallest absolute Gasteiger partial charge is 0.0453 e. The summed E-state index contributed by atoms with van der Waals surface area (Å²) < 4.78 is 0. The van der Waals surface area contributed by atoms with Crippen LogP contribution < -0.4 is 5.73 Å². The van der Waals surface area contributed by atoms with E-state index in [1.807, 2.05) is 30.0 Å². The predicted molar refractivity (Wildman–Crippen MR) is 59.3 cm³/mol. The first-order valence-electron chi connectivity index (χ1n) is 4.43. The second kappa shape index (κ2) is 3.81. The maximum atomic E-state index is 5.88. The zero-order valence-electron chi connectivity index (χ0n) is 7.29. The monoisotopic (exact) mass is 213 g/mol. The Kier molecular flexibility index (Phi) is 2.70. The van der Waals surface area contributed by atoms with Gasteiger partial charge in [0.15, 0.2) is 0 Å². The van der Waals surface area contributed by atoms with E-state index >= 15 is 0 Å². The number of nitrogens with two attached hydrogens (primary N) is 1. The van der Waals surface area contributed by atoms with Crippen LogP contribution in [0, 0.1) is 5.92 Å². The van der Waals surface area contributed by atoms with Crippen molar-refractivity contribution in [2.75, 3.05) is 11.5 Å². The second-order valence-corrected chi connectivity index (χ2v) is 4.93. The molecule has 0 amide bonds. The summed E-state index contributed by atoms with van der Waals surface area (Å²) in [5.74, 6) is 2.10. The van der Waals surface area contributed by atoms with Crippen molar-refractivity contribution in [3.8, 4) is 0 Å². The number of benzene rings is 1. The van der Waals surface area contributed by atoms with Gasteiger partial charge in [-0.05, 0) is 37.0 Å². The molecule has 0 unspecified atom stereocenters. The summed E-state index contributed by atoms with van der Waals surface area (Å²) in [6, 6.07) is 5.65. The molecule has 70 valence electrons. The molecule has 2 rings (SSSR count). The lowest BCUT2D eigenvalue weighted by atomic mass is 10.3. The minimum absolute atomic E-state index is 0.771. The molecule has 0 spiro atoms. The number of thioether (sulfide) groups is 1. The van der Waals surface area contributed by atoms with Gasteiger partial charge in [-0.15, -0.1) is 11.8 Å². The molecule has 1 aliphatic rings. The van der Waals surface area contributed by atoms with E-state index in [0.29, 0.717) is 0 Å². The van der Waals surface area contributed by atoms with Crippen molar-refractivity contribution in [1.29, 1.82) is 0 Å². The van der Waals surface area contributed by atoms with E-state index in [2.05, 4.69) is 0 Å². The fourth-order valence-corrected chi connectivity index (χ4v) is 2.56. The summed E-state index contributed by atoms with van der Waals surface area (Å²) in [7, 11) is 0. The SMILES string of the molecule is Nc1ccc(Cl)cc1SCC1CC1. The van der Waals surface area contributed by atoms with E-state index in [-0.39, 0.29) is 0 Å². The second-order valence-electron chi connectivity index (χ2n) is 3.44. The van der Waals surface area contributed by atoms with Crippen LogP contribution in [0.5, 0.6) is 0 Å². The Labute approximate surface area is 87.7 Å².